The molecule has 1 spiro atoms. The van der Waals surface area contributed by atoms with Crippen LogP contribution < -0.4 is 0 Å². The lowest BCUT2D eigenvalue weighted by molar-refractivity contribution is -0.558. The number of nitro groups is 2. The van der Waals surface area contributed by atoms with Crippen molar-refractivity contribution in [3.63, 3.8) is 0 Å². The van der Waals surface area contributed by atoms with Crippen LogP contribution in [-0.2, 0) is 0 Å². The minimum atomic E-state index is -0.891. The van der Waals surface area contributed by atoms with Crippen LogP contribution in [0.3, 0.4) is 0 Å². The van der Waals surface area contributed by atoms with Gasteiger partial charge in [0.05, 0.1) is 0 Å². The van der Waals surface area contributed by atoms with Gasteiger partial charge in [-0.3, -0.25) is 20.2 Å². The molecule has 2 aliphatic rings. The van der Waals surface area contributed by atoms with Crippen molar-refractivity contribution in [1.82, 2.24) is 0 Å². The van der Waals surface area contributed by atoms with Gasteiger partial charge in [0.15, 0.2) is 0 Å². The van der Waals surface area contributed by atoms with E-state index in [1.807, 2.05) is 0 Å². The third kappa shape index (κ3) is 0.611. The van der Waals surface area contributed by atoms with Gasteiger partial charge >= 0.3 is 0 Å². The first-order valence-corrected chi connectivity index (χ1v) is 3.36. The molecule has 0 saturated heterocycles. The summed E-state index contributed by atoms with van der Waals surface area (Å²) in [7, 11) is 0. The molecule has 2 saturated carbocycles. The van der Waals surface area contributed by atoms with Crippen molar-refractivity contribution >= 4 is 0 Å². The van der Waals surface area contributed by atoms with Gasteiger partial charge in [0, 0.05) is 9.85 Å². The van der Waals surface area contributed by atoms with Crippen LogP contribution in [0.25, 0.3) is 0 Å². The van der Waals surface area contributed by atoms with E-state index in [1.165, 1.54) is 0 Å². The maximum atomic E-state index is 10.2. The van der Waals surface area contributed by atoms with Gasteiger partial charge in [-0.05, 0) is 12.8 Å². The van der Waals surface area contributed by atoms with Crippen LogP contribution in [0, 0.1) is 25.6 Å². The molecule has 2 unspecified atom stereocenters. The first-order chi connectivity index (χ1) is 5.09. The summed E-state index contributed by atoms with van der Waals surface area (Å²) < 4.78 is 0. The van der Waals surface area contributed by atoms with E-state index in [0.29, 0.717) is 12.8 Å². The average molecular weight is 158 g/mol. The number of rotatable bonds is 2. The van der Waals surface area contributed by atoms with E-state index in [9.17, 15) is 20.2 Å². The highest BCUT2D eigenvalue weighted by Gasteiger charge is 2.88. The number of nitrogens with zero attached hydrogens (tertiary/aromatic N) is 2. The molecular formula is C5H6N2O4. The van der Waals surface area contributed by atoms with Crippen molar-refractivity contribution in [3.05, 3.63) is 20.2 Å². The molecule has 2 aliphatic carbocycles. The third-order valence-electron chi connectivity index (χ3n) is 2.65. The smallest absolute Gasteiger partial charge is 0.264 e. The van der Waals surface area contributed by atoms with Crippen LogP contribution in [0.5, 0.6) is 0 Å². The fourth-order valence-electron chi connectivity index (χ4n) is 1.83. The average Bonchev–Trinajstić information content (AvgIpc) is 2.71. The highest BCUT2D eigenvalue weighted by atomic mass is 16.7. The van der Waals surface area contributed by atoms with Crippen LogP contribution in [0.4, 0.5) is 0 Å². The van der Waals surface area contributed by atoms with Gasteiger partial charge in [0.1, 0.15) is 5.41 Å². The van der Waals surface area contributed by atoms with Gasteiger partial charge in [-0.25, -0.2) is 0 Å². The van der Waals surface area contributed by atoms with Gasteiger partial charge in [-0.15, -0.1) is 0 Å². The Kier molecular flexibility index (Phi) is 0.896. The van der Waals surface area contributed by atoms with Crippen molar-refractivity contribution in [2.75, 3.05) is 0 Å². The van der Waals surface area contributed by atoms with E-state index >= 15 is 0 Å². The second-order valence-electron chi connectivity index (χ2n) is 3.19. The van der Waals surface area contributed by atoms with Crippen molar-refractivity contribution in [2.24, 2.45) is 5.41 Å². The van der Waals surface area contributed by atoms with Crippen molar-refractivity contribution < 1.29 is 9.85 Å². The van der Waals surface area contributed by atoms with Gasteiger partial charge in [-0.1, -0.05) is 0 Å². The normalized spacial score (nSPS) is 36.7. The second kappa shape index (κ2) is 1.51. The lowest BCUT2D eigenvalue weighted by atomic mass is 10.4. The molecule has 0 N–H and O–H groups in total. The highest BCUT2D eigenvalue weighted by Crippen LogP contribution is 2.68. The van der Waals surface area contributed by atoms with Crippen LogP contribution in [0.2, 0.25) is 0 Å². The van der Waals surface area contributed by atoms with Gasteiger partial charge in [0.25, 0.3) is 12.1 Å². The fourth-order valence-corrected chi connectivity index (χ4v) is 1.83. The minimum absolute atomic E-state index is 0.513. The zero-order valence-electron chi connectivity index (χ0n) is 5.60. The molecule has 6 nitrogen and oxygen atoms in total. The lowest BCUT2D eigenvalue weighted by Gasteiger charge is -1.82. The Morgan fingerprint density at radius 3 is 1.55 bits per heavy atom. The largest absolute Gasteiger partial charge is 0.292 e. The van der Waals surface area contributed by atoms with E-state index < -0.39 is 27.3 Å². The Hall–Kier alpha value is -1.20. The molecule has 11 heavy (non-hydrogen) atoms. The fraction of sp³-hybridized carbons (Fsp3) is 1.00. The molecule has 0 aromatic heterocycles. The van der Waals surface area contributed by atoms with Crippen molar-refractivity contribution in [3.8, 4) is 0 Å². The molecule has 0 radical (unpaired) electrons. The maximum absolute atomic E-state index is 10.2. The molecule has 0 heterocycles. The van der Waals surface area contributed by atoms with Crippen molar-refractivity contribution in [1.29, 1.82) is 0 Å². The van der Waals surface area contributed by atoms with Crippen LogP contribution in [-0.4, -0.2) is 21.9 Å². The van der Waals surface area contributed by atoms with Crippen LogP contribution in [0.15, 0.2) is 0 Å². The number of hydrogen-bond acceptors (Lipinski definition) is 4. The van der Waals surface area contributed by atoms with E-state index in [4.69, 9.17) is 0 Å². The predicted octanol–water partition coefficient (Wildman–Crippen LogP) is 0.0708. The Morgan fingerprint density at radius 2 is 1.45 bits per heavy atom. The molecule has 0 aliphatic heterocycles. The summed E-state index contributed by atoms with van der Waals surface area (Å²) in [6.45, 7) is 0. The monoisotopic (exact) mass is 158 g/mol. The molecule has 0 aromatic carbocycles. The lowest BCUT2D eigenvalue weighted by Crippen LogP contribution is -2.12. The molecule has 2 fully saturated rings. The Bertz CT molecular complexity index is 225. The summed E-state index contributed by atoms with van der Waals surface area (Å²) in [5.41, 5.74) is -0.521. The molecule has 0 amide bonds. The summed E-state index contributed by atoms with van der Waals surface area (Å²) in [4.78, 5) is 19.4. The SMILES string of the molecule is O=[N+]([O-])C1C([N+](=O)[O-])C12CC2. The molecule has 0 bridgehead atoms. The highest BCUT2D eigenvalue weighted by molar-refractivity contribution is 5.22. The summed E-state index contributed by atoms with van der Waals surface area (Å²) in [6.07, 6.45) is 1.31. The van der Waals surface area contributed by atoms with Crippen LogP contribution in [0.1, 0.15) is 12.8 Å². The zero-order valence-corrected chi connectivity index (χ0v) is 5.60. The second-order valence-corrected chi connectivity index (χ2v) is 3.19. The number of hydrogen-bond donors (Lipinski definition) is 0. The summed E-state index contributed by atoms with van der Waals surface area (Å²) >= 11 is 0. The van der Waals surface area contributed by atoms with E-state index in [-0.39, 0.29) is 0 Å². The third-order valence-corrected chi connectivity index (χ3v) is 2.65. The standard InChI is InChI=1S/C5H6N2O4/c8-6(9)3-4(7(10)11)5(3)1-2-5/h3-4H,1-2H2. The van der Waals surface area contributed by atoms with Gasteiger partial charge in [0.2, 0.25) is 0 Å². The van der Waals surface area contributed by atoms with E-state index in [0.717, 1.165) is 0 Å². The maximum Gasteiger partial charge on any atom is 0.292 e. The molecule has 2 rings (SSSR count). The molecule has 0 aromatic rings. The quantitative estimate of drug-likeness (QED) is 0.420. The van der Waals surface area contributed by atoms with E-state index in [2.05, 4.69) is 0 Å². The summed E-state index contributed by atoms with van der Waals surface area (Å²) in [6, 6.07) is -1.78. The van der Waals surface area contributed by atoms with E-state index in [1.54, 1.807) is 0 Å². The molecule has 60 valence electrons. The topological polar surface area (TPSA) is 86.3 Å². The Labute approximate surface area is 61.5 Å². The minimum Gasteiger partial charge on any atom is -0.264 e. The van der Waals surface area contributed by atoms with Crippen LogP contribution >= 0.6 is 0 Å². The van der Waals surface area contributed by atoms with Crippen molar-refractivity contribution in [2.45, 2.75) is 24.9 Å². The first kappa shape index (κ1) is 6.51. The summed E-state index contributed by atoms with van der Waals surface area (Å²) in [5, 5.41) is 20.5. The molecule has 2 atom stereocenters. The Morgan fingerprint density at radius 1 is 1.09 bits per heavy atom. The molecule has 6 heteroatoms. The van der Waals surface area contributed by atoms with Gasteiger partial charge in [-0.2, -0.15) is 0 Å². The molecular weight excluding hydrogens is 152 g/mol. The van der Waals surface area contributed by atoms with Gasteiger partial charge < -0.3 is 0 Å². The Balaban J connectivity index is 2.16. The summed E-state index contributed by atoms with van der Waals surface area (Å²) in [5.74, 6) is 0. The first-order valence-electron chi connectivity index (χ1n) is 3.36. The predicted molar refractivity (Wildman–Crippen MR) is 33.2 cm³/mol. The zero-order chi connectivity index (χ0) is 8.22.